The number of nitrogens with zero attached hydrogens (tertiary/aromatic N) is 3. The topological polar surface area (TPSA) is 54.2 Å². The van der Waals surface area contributed by atoms with Crippen LogP contribution in [0.5, 0.6) is 0 Å². The summed E-state index contributed by atoms with van der Waals surface area (Å²) in [6.07, 6.45) is 2.63. The van der Waals surface area contributed by atoms with Crippen molar-refractivity contribution in [2.45, 2.75) is 26.3 Å². The summed E-state index contributed by atoms with van der Waals surface area (Å²) in [4.78, 5) is 6.55. The summed E-state index contributed by atoms with van der Waals surface area (Å²) >= 11 is 0. The number of rotatable bonds is 4. The zero-order chi connectivity index (χ0) is 11.4. The van der Waals surface area contributed by atoms with E-state index in [1.165, 1.54) is 25.9 Å². The zero-order valence-electron chi connectivity index (χ0n) is 10.1. The lowest BCUT2D eigenvalue weighted by atomic mass is 9.98. The number of aryl methyl sites for hydroxylation is 1. The lowest BCUT2D eigenvalue weighted by Gasteiger charge is -2.29. The molecule has 0 bridgehead atoms. The van der Waals surface area contributed by atoms with E-state index in [0.29, 0.717) is 12.4 Å². The molecule has 1 unspecified atom stereocenters. The van der Waals surface area contributed by atoms with Gasteiger partial charge in [-0.05, 0) is 38.9 Å². The van der Waals surface area contributed by atoms with Gasteiger partial charge in [0.05, 0.1) is 6.54 Å². The van der Waals surface area contributed by atoms with Crippen LogP contribution in [0.15, 0.2) is 4.52 Å². The van der Waals surface area contributed by atoms with E-state index in [1.54, 1.807) is 0 Å². The number of piperidine rings is 1. The van der Waals surface area contributed by atoms with Crippen LogP contribution in [-0.2, 0) is 6.54 Å². The molecular formula is C11H20N4O. The smallest absolute Gasteiger partial charge is 0.223 e. The van der Waals surface area contributed by atoms with Gasteiger partial charge < -0.3 is 14.7 Å². The van der Waals surface area contributed by atoms with E-state index in [2.05, 4.69) is 27.4 Å². The average Bonchev–Trinajstić information content (AvgIpc) is 2.64. The van der Waals surface area contributed by atoms with Crippen molar-refractivity contribution in [2.24, 2.45) is 5.92 Å². The standard InChI is InChI=1S/C11H20N4O/c1-9-13-11(14-16-9)7-12-6-10-4-3-5-15(2)8-10/h10,12H,3-8H2,1-2H3. The molecule has 0 saturated carbocycles. The molecule has 0 aliphatic carbocycles. The SMILES string of the molecule is Cc1nc(CNCC2CCCN(C)C2)no1. The molecule has 16 heavy (non-hydrogen) atoms. The second-order valence-electron chi connectivity index (χ2n) is 4.63. The second kappa shape index (κ2) is 5.41. The first-order valence-electron chi connectivity index (χ1n) is 5.92. The molecule has 1 atom stereocenters. The van der Waals surface area contributed by atoms with Crippen LogP contribution in [0.2, 0.25) is 0 Å². The van der Waals surface area contributed by atoms with Crippen molar-refractivity contribution >= 4 is 0 Å². The summed E-state index contributed by atoms with van der Waals surface area (Å²) < 4.78 is 4.91. The van der Waals surface area contributed by atoms with Gasteiger partial charge in [0, 0.05) is 13.5 Å². The number of hydrogen-bond donors (Lipinski definition) is 1. The molecule has 1 aromatic heterocycles. The number of aromatic nitrogens is 2. The van der Waals surface area contributed by atoms with E-state index >= 15 is 0 Å². The van der Waals surface area contributed by atoms with Crippen LogP contribution in [0.25, 0.3) is 0 Å². The van der Waals surface area contributed by atoms with Gasteiger partial charge in [0.2, 0.25) is 5.89 Å². The Balaban J connectivity index is 1.67. The molecule has 5 heteroatoms. The van der Waals surface area contributed by atoms with Crippen LogP contribution in [0.4, 0.5) is 0 Å². The fourth-order valence-electron chi connectivity index (χ4n) is 2.24. The average molecular weight is 224 g/mol. The molecule has 0 spiro atoms. The normalized spacial score (nSPS) is 22.5. The van der Waals surface area contributed by atoms with Gasteiger partial charge in [-0.2, -0.15) is 4.98 Å². The Morgan fingerprint density at radius 2 is 2.44 bits per heavy atom. The van der Waals surface area contributed by atoms with Gasteiger partial charge >= 0.3 is 0 Å². The maximum Gasteiger partial charge on any atom is 0.223 e. The Morgan fingerprint density at radius 3 is 3.12 bits per heavy atom. The largest absolute Gasteiger partial charge is 0.340 e. The minimum atomic E-state index is 0.634. The van der Waals surface area contributed by atoms with E-state index < -0.39 is 0 Å². The highest BCUT2D eigenvalue weighted by Gasteiger charge is 2.16. The molecule has 90 valence electrons. The van der Waals surface area contributed by atoms with Gasteiger partial charge in [0.25, 0.3) is 0 Å². The minimum Gasteiger partial charge on any atom is -0.340 e. The maximum absolute atomic E-state index is 4.91. The van der Waals surface area contributed by atoms with E-state index in [1.807, 2.05) is 6.92 Å². The van der Waals surface area contributed by atoms with Crippen molar-refractivity contribution in [3.05, 3.63) is 11.7 Å². The highest BCUT2D eigenvalue weighted by molar-refractivity contribution is 4.83. The second-order valence-corrected chi connectivity index (χ2v) is 4.63. The molecule has 1 N–H and O–H groups in total. The summed E-state index contributed by atoms with van der Waals surface area (Å²) in [6.45, 7) is 5.99. The van der Waals surface area contributed by atoms with Crippen LogP contribution in [0.1, 0.15) is 24.6 Å². The lowest BCUT2D eigenvalue weighted by molar-refractivity contribution is 0.206. The molecule has 5 nitrogen and oxygen atoms in total. The van der Waals surface area contributed by atoms with Crippen molar-refractivity contribution in [1.82, 2.24) is 20.4 Å². The first-order chi connectivity index (χ1) is 7.74. The van der Waals surface area contributed by atoms with Crippen LogP contribution in [0, 0.1) is 12.8 Å². The fraction of sp³-hybridized carbons (Fsp3) is 0.818. The van der Waals surface area contributed by atoms with Gasteiger partial charge in [-0.15, -0.1) is 0 Å². The first kappa shape index (κ1) is 11.5. The van der Waals surface area contributed by atoms with E-state index in [0.717, 1.165) is 18.3 Å². The summed E-state index contributed by atoms with van der Waals surface area (Å²) in [5.74, 6) is 2.14. The number of hydrogen-bond acceptors (Lipinski definition) is 5. The third kappa shape index (κ3) is 3.28. The molecule has 1 aliphatic heterocycles. The minimum absolute atomic E-state index is 0.634. The molecular weight excluding hydrogens is 204 g/mol. The van der Waals surface area contributed by atoms with Crippen molar-refractivity contribution in [2.75, 3.05) is 26.7 Å². The quantitative estimate of drug-likeness (QED) is 0.820. The van der Waals surface area contributed by atoms with Gasteiger partial charge in [-0.1, -0.05) is 5.16 Å². The summed E-state index contributed by atoms with van der Waals surface area (Å²) in [5.41, 5.74) is 0. The van der Waals surface area contributed by atoms with Gasteiger partial charge in [0.1, 0.15) is 0 Å². The summed E-state index contributed by atoms with van der Waals surface area (Å²) in [5, 5.41) is 7.25. The Kier molecular flexibility index (Phi) is 3.90. The number of likely N-dealkylation sites (tertiary alicyclic amines) is 1. The highest BCUT2D eigenvalue weighted by Crippen LogP contribution is 2.13. The lowest BCUT2D eigenvalue weighted by Crippen LogP contribution is -2.37. The predicted molar refractivity (Wildman–Crippen MR) is 61.0 cm³/mol. The Labute approximate surface area is 96.2 Å². The van der Waals surface area contributed by atoms with Gasteiger partial charge in [-0.25, -0.2) is 0 Å². The molecule has 1 aromatic rings. The molecule has 2 heterocycles. The van der Waals surface area contributed by atoms with Gasteiger partial charge in [0.15, 0.2) is 5.82 Å². The number of nitrogens with one attached hydrogen (secondary N) is 1. The molecule has 1 saturated heterocycles. The molecule has 1 fully saturated rings. The third-order valence-corrected chi connectivity index (χ3v) is 3.01. The zero-order valence-corrected chi connectivity index (χ0v) is 10.1. The summed E-state index contributed by atoms with van der Waals surface area (Å²) in [6, 6.07) is 0. The molecule has 0 aromatic carbocycles. The molecule has 0 amide bonds. The Hall–Kier alpha value is -0.940. The van der Waals surface area contributed by atoms with Crippen molar-refractivity contribution in [3.8, 4) is 0 Å². The van der Waals surface area contributed by atoms with Crippen LogP contribution in [-0.4, -0.2) is 41.7 Å². The van der Waals surface area contributed by atoms with E-state index in [4.69, 9.17) is 4.52 Å². The molecule has 2 rings (SSSR count). The maximum atomic E-state index is 4.91. The third-order valence-electron chi connectivity index (χ3n) is 3.01. The summed E-state index contributed by atoms with van der Waals surface area (Å²) in [7, 11) is 2.19. The first-order valence-corrected chi connectivity index (χ1v) is 5.92. The monoisotopic (exact) mass is 224 g/mol. The predicted octanol–water partition coefficient (Wildman–Crippen LogP) is 0.809. The fourth-order valence-corrected chi connectivity index (χ4v) is 2.24. The van der Waals surface area contributed by atoms with E-state index in [9.17, 15) is 0 Å². The van der Waals surface area contributed by atoms with Crippen LogP contribution < -0.4 is 5.32 Å². The molecule has 0 radical (unpaired) electrons. The van der Waals surface area contributed by atoms with E-state index in [-0.39, 0.29) is 0 Å². The van der Waals surface area contributed by atoms with Crippen molar-refractivity contribution in [3.63, 3.8) is 0 Å². The highest BCUT2D eigenvalue weighted by atomic mass is 16.5. The van der Waals surface area contributed by atoms with Crippen LogP contribution in [0.3, 0.4) is 0 Å². The van der Waals surface area contributed by atoms with Crippen molar-refractivity contribution in [1.29, 1.82) is 0 Å². The Bertz CT molecular complexity index is 326. The van der Waals surface area contributed by atoms with Crippen LogP contribution >= 0.6 is 0 Å². The molecule has 1 aliphatic rings. The van der Waals surface area contributed by atoms with Crippen molar-refractivity contribution < 1.29 is 4.52 Å². The van der Waals surface area contributed by atoms with Gasteiger partial charge in [-0.3, -0.25) is 0 Å². The Morgan fingerprint density at radius 1 is 1.56 bits per heavy atom.